The molecule has 28 heavy (non-hydrogen) atoms. The van der Waals surface area contributed by atoms with Gasteiger partial charge in [0.15, 0.2) is 0 Å². The van der Waals surface area contributed by atoms with E-state index in [4.69, 9.17) is 9.47 Å². The first kappa shape index (κ1) is 20.4. The van der Waals surface area contributed by atoms with Gasteiger partial charge in [-0.3, -0.25) is 4.79 Å². The highest BCUT2D eigenvalue weighted by Crippen LogP contribution is 2.21. The van der Waals surface area contributed by atoms with Gasteiger partial charge in [0.05, 0.1) is 24.0 Å². The minimum absolute atomic E-state index is 0.0650. The van der Waals surface area contributed by atoms with E-state index in [1.54, 1.807) is 11.0 Å². The molecule has 8 heteroatoms. The smallest absolute Gasteiger partial charge is 0.410 e. The van der Waals surface area contributed by atoms with E-state index in [1.807, 2.05) is 33.8 Å². The molecule has 3 heterocycles. The molecule has 1 N–H and O–H groups in total. The van der Waals surface area contributed by atoms with Gasteiger partial charge < -0.3 is 24.6 Å². The van der Waals surface area contributed by atoms with Gasteiger partial charge in [-0.25, -0.2) is 9.78 Å². The van der Waals surface area contributed by atoms with Crippen LogP contribution in [0.3, 0.4) is 0 Å². The van der Waals surface area contributed by atoms with Crippen LogP contribution in [0.5, 0.6) is 0 Å². The van der Waals surface area contributed by atoms with Crippen LogP contribution < -0.4 is 10.2 Å². The molecule has 0 bridgehead atoms. The van der Waals surface area contributed by atoms with Gasteiger partial charge in [-0.1, -0.05) is 0 Å². The average molecular weight is 390 g/mol. The zero-order valence-corrected chi connectivity index (χ0v) is 17.2. The second kappa shape index (κ2) is 8.34. The summed E-state index contributed by atoms with van der Waals surface area (Å²) < 4.78 is 10.7. The fourth-order valence-corrected chi connectivity index (χ4v) is 3.38. The van der Waals surface area contributed by atoms with Crippen molar-refractivity contribution < 1.29 is 19.1 Å². The fourth-order valence-electron chi connectivity index (χ4n) is 3.38. The maximum absolute atomic E-state index is 12.4. The van der Waals surface area contributed by atoms with E-state index in [0.29, 0.717) is 45.1 Å². The summed E-state index contributed by atoms with van der Waals surface area (Å²) in [4.78, 5) is 33.0. The maximum Gasteiger partial charge on any atom is 0.410 e. The van der Waals surface area contributed by atoms with Crippen LogP contribution in [0.4, 0.5) is 10.5 Å². The predicted octanol–water partition coefficient (Wildman–Crippen LogP) is 1.97. The van der Waals surface area contributed by atoms with Gasteiger partial charge in [-0.05, 0) is 46.2 Å². The van der Waals surface area contributed by atoms with Crippen LogP contribution in [0.15, 0.2) is 12.1 Å². The van der Waals surface area contributed by atoms with E-state index in [0.717, 1.165) is 17.8 Å². The van der Waals surface area contributed by atoms with E-state index in [1.165, 1.54) is 0 Å². The van der Waals surface area contributed by atoms with E-state index in [2.05, 4.69) is 15.2 Å². The van der Waals surface area contributed by atoms with Crippen LogP contribution >= 0.6 is 0 Å². The Morgan fingerprint density at radius 3 is 2.50 bits per heavy atom. The normalized spacial score (nSPS) is 20.2. The first-order chi connectivity index (χ1) is 13.2. The van der Waals surface area contributed by atoms with Crippen molar-refractivity contribution in [2.45, 2.75) is 45.8 Å². The molecule has 0 saturated carbocycles. The molecule has 154 valence electrons. The Labute approximate surface area is 166 Å². The zero-order chi connectivity index (χ0) is 20.3. The lowest BCUT2D eigenvalue weighted by Crippen LogP contribution is -2.50. The molecule has 2 aliphatic rings. The summed E-state index contributed by atoms with van der Waals surface area (Å²) in [7, 11) is 0. The van der Waals surface area contributed by atoms with Gasteiger partial charge >= 0.3 is 6.09 Å². The molecule has 8 nitrogen and oxygen atoms in total. The number of carbonyl (C=O) groups is 2. The molecule has 2 amide bonds. The summed E-state index contributed by atoms with van der Waals surface area (Å²) in [5.74, 6) is -0.167. The number of hydrogen-bond acceptors (Lipinski definition) is 6. The molecule has 2 fully saturated rings. The van der Waals surface area contributed by atoms with E-state index in [-0.39, 0.29) is 18.0 Å². The Morgan fingerprint density at radius 2 is 1.93 bits per heavy atom. The summed E-state index contributed by atoms with van der Waals surface area (Å²) in [6.45, 7) is 11.4. The molecule has 0 aromatic carbocycles. The van der Waals surface area contributed by atoms with Gasteiger partial charge in [0.2, 0.25) is 0 Å². The first-order valence-corrected chi connectivity index (χ1v) is 9.82. The lowest BCUT2D eigenvalue weighted by molar-refractivity contribution is 0.0240. The number of carbonyl (C=O) groups excluding carboxylic acids is 2. The second-order valence-electron chi connectivity index (χ2n) is 8.29. The van der Waals surface area contributed by atoms with Crippen molar-refractivity contribution in [2.75, 3.05) is 44.3 Å². The summed E-state index contributed by atoms with van der Waals surface area (Å²) in [6.07, 6.45) is 0.565. The molecular formula is C20H30N4O4. The van der Waals surface area contributed by atoms with Crippen LogP contribution in [0.1, 0.15) is 43.4 Å². The summed E-state index contributed by atoms with van der Waals surface area (Å²) >= 11 is 0. The Bertz CT molecular complexity index is 717. The second-order valence-corrected chi connectivity index (χ2v) is 8.29. The largest absolute Gasteiger partial charge is 0.444 e. The van der Waals surface area contributed by atoms with E-state index < -0.39 is 5.60 Å². The third-order valence-electron chi connectivity index (χ3n) is 4.83. The lowest BCUT2D eigenvalue weighted by Gasteiger charge is -2.37. The zero-order valence-electron chi connectivity index (χ0n) is 17.2. The van der Waals surface area contributed by atoms with Crippen molar-refractivity contribution in [3.05, 3.63) is 23.5 Å². The topological polar surface area (TPSA) is 84.0 Å². The Kier molecular flexibility index (Phi) is 6.07. The molecule has 1 aromatic rings. The van der Waals surface area contributed by atoms with E-state index >= 15 is 0 Å². The minimum atomic E-state index is -0.490. The van der Waals surface area contributed by atoms with Gasteiger partial charge in [0.1, 0.15) is 11.3 Å². The SMILES string of the molecule is Cc1nc(C(=O)NC2CCOC2)ccc1N1CCN(C(=O)OC(C)(C)C)CC1. The van der Waals surface area contributed by atoms with Crippen molar-refractivity contribution in [1.29, 1.82) is 0 Å². The molecule has 0 spiro atoms. The number of amides is 2. The van der Waals surface area contributed by atoms with Crippen molar-refractivity contribution in [3.63, 3.8) is 0 Å². The Hall–Kier alpha value is -2.35. The third-order valence-corrected chi connectivity index (χ3v) is 4.83. The lowest BCUT2D eigenvalue weighted by atomic mass is 10.2. The number of nitrogens with zero attached hydrogens (tertiary/aromatic N) is 3. The Balaban J connectivity index is 1.57. The molecule has 2 aliphatic heterocycles. The highest BCUT2D eigenvalue weighted by atomic mass is 16.6. The molecular weight excluding hydrogens is 360 g/mol. The molecule has 0 radical (unpaired) electrons. The number of rotatable bonds is 3. The van der Waals surface area contributed by atoms with Gasteiger partial charge in [0, 0.05) is 32.8 Å². The third kappa shape index (κ3) is 5.13. The molecule has 1 atom stereocenters. The number of hydrogen-bond donors (Lipinski definition) is 1. The summed E-state index contributed by atoms with van der Waals surface area (Å²) in [6, 6.07) is 3.76. The highest BCUT2D eigenvalue weighted by molar-refractivity contribution is 5.92. The van der Waals surface area contributed by atoms with Crippen LogP contribution in [-0.2, 0) is 9.47 Å². The summed E-state index contributed by atoms with van der Waals surface area (Å²) in [5, 5.41) is 2.96. The van der Waals surface area contributed by atoms with Crippen molar-refractivity contribution >= 4 is 17.7 Å². The van der Waals surface area contributed by atoms with E-state index in [9.17, 15) is 9.59 Å². The number of aromatic nitrogens is 1. The van der Waals surface area contributed by atoms with Crippen LogP contribution in [0.25, 0.3) is 0 Å². The summed E-state index contributed by atoms with van der Waals surface area (Å²) in [5.41, 5.74) is 1.72. The first-order valence-electron chi connectivity index (χ1n) is 9.82. The van der Waals surface area contributed by atoms with Crippen LogP contribution in [-0.4, -0.2) is 72.9 Å². The number of ether oxygens (including phenoxy) is 2. The van der Waals surface area contributed by atoms with Crippen molar-refractivity contribution in [2.24, 2.45) is 0 Å². The van der Waals surface area contributed by atoms with Gasteiger partial charge in [0.25, 0.3) is 5.91 Å². The molecule has 2 saturated heterocycles. The number of anilines is 1. The van der Waals surface area contributed by atoms with Gasteiger partial charge in [-0.2, -0.15) is 0 Å². The Morgan fingerprint density at radius 1 is 1.21 bits per heavy atom. The van der Waals surface area contributed by atoms with Crippen LogP contribution in [0.2, 0.25) is 0 Å². The average Bonchev–Trinajstić information content (AvgIpc) is 3.13. The molecule has 3 rings (SSSR count). The molecule has 0 aliphatic carbocycles. The van der Waals surface area contributed by atoms with Crippen molar-refractivity contribution in [1.82, 2.24) is 15.2 Å². The number of pyridine rings is 1. The number of aryl methyl sites for hydroxylation is 1. The monoisotopic (exact) mass is 390 g/mol. The maximum atomic E-state index is 12.4. The molecule has 1 aromatic heterocycles. The minimum Gasteiger partial charge on any atom is -0.444 e. The number of nitrogens with one attached hydrogen (secondary N) is 1. The fraction of sp³-hybridized carbons (Fsp3) is 0.650. The molecule has 1 unspecified atom stereocenters. The van der Waals surface area contributed by atoms with Crippen LogP contribution in [0, 0.1) is 6.92 Å². The highest BCUT2D eigenvalue weighted by Gasteiger charge is 2.27. The number of piperazine rings is 1. The van der Waals surface area contributed by atoms with Crippen molar-refractivity contribution in [3.8, 4) is 0 Å². The predicted molar refractivity (Wildman–Crippen MR) is 106 cm³/mol. The van der Waals surface area contributed by atoms with Gasteiger partial charge in [-0.15, -0.1) is 0 Å². The quantitative estimate of drug-likeness (QED) is 0.850. The standard InChI is InChI=1S/C20H30N4O4/c1-14-17(6-5-16(21-14)18(25)22-15-7-12-27-13-15)23-8-10-24(11-9-23)19(26)28-20(2,3)4/h5-6,15H,7-13H2,1-4H3,(H,22,25).